The minimum Gasteiger partial charge on any atom is -0.497 e. The molecular formula is C16H17N3O2. The van der Waals surface area contributed by atoms with Crippen LogP contribution in [0.15, 0.2) is 36.5 Å². The second kappa shape index (κ2) is 6.62. The number of rotatable bonds is 5. The van der Waals surface area contributed by atoms with Gasteiger partial charge < -0.3 is 14.4 Å². The summed E-state index contributed by atoms with van der Waals surface area (Å²) in [6.07, 6.45) is 1.62. The summed E-state index contributed by atoms with van der Waals surface area (Å²) < 4.78 is 10.5. The summed E-state index contributed by atoms with van der Waals surface area (Å²) in [7, 11) is 5.16. The second-order valence-electron chi connectivity index (χ2n) is 4.56. The quantitative estimate of drug-likeness (QED) is 0.844. The molecule has 0 aliphatic rings. The molecule has 0 unspecified atom stereocenters. The molecule has 108 valence electrons. The molecule has 1 aromatic carbocycles. The Balaban J connectivity index is 2.27. The molecule has 0 bridgehead atoms. The lowest BCUT2D eigenvalue weighted by molar-refractivity contribution is 0.393. The van der Waals surface area contributed by atoms with Gasteiger partial charge in [0.2, 0.25) is 0 Å². The summed E-state index contributed by atoms with van der Waals surface area (Å²) in [6.45, 7) is 0.619. The largest absolute Gasteiger partial charge is 0.497 e. The highest BCUT2D eigenvalue weighted by molar-refractivity contribution is 5.55. The maximum atomic E-state index is 9.12. The molecule has 1 heterocycles. The first kappa shape index (κ1) is 14.7. The highest BCUT2D eigenvalue weighted by Gasteiger charge is 2.10. The van der Waals surface area contributed by atoms with E-state index in [-0.39, 0.29) is 0 Å². The number of pyridine rings is 1. The molecule has 0 fully saturated rings. The van der Waals surface area contributed by atoms with E-state index >= 15 is 0 Å². The van der Waals surface area contributed by atoms with Gasteiger partial charge in [-0.25, -0.2) is 4.98 Å². The average molecular weight is 283 g/mol. The second-order valence-corrected chi connectivity index (χ2v) is 4.56. The third kappa shape index (κ3) is 3.42. The first-order chi connectivity index (χ1) is 10.2. The molecular weight excluding hydrogens is 266 g/mol. The van der Waals surface area contributed by atoms with E-state index in [0.29, 0.717) is 12.2 Å². The topological polar surface area (TPSA) is 58.4 Å². The van der Waals surface area contributed by atoms with Crippen molar-refractivity contribution in [2.75, 3.05) is 26.2 Å². The Hall–Kier alpha value is -2.74. The van der Waals surface area contributed by atoms with Crippen molar-refractivity contribution >= 4 is 5.69 Å². The highest BCUT2D eigenvalue weighted by Crippen LogP contribution is 2.25. The van der Waals surface area contributed by atoms with Crippen molar-refractivity contribution in [2.45, 2.75) is 6.54 Å². The van der Waals surface area contributed by atoms with Crippen LogP contribution in [0, 0.1) is 11.3 Å². The van der Waals surface area contributed by atoms with Gasteiger partial charge in [0.15, 0.2) is 5.69 Å². The van der Waals surface area contributed by atoms with Crippen LogP contribution in [0.3, 0.4) is 0 Å². The van der Waals surface area contributed by atoms with E-state index in [1.165, 1.54) is 0 Å². The first-order valence-electron chi connectivity index (χ1n) is 6.46. The fourth-order valence-corrected chi connectivity index (χ4v) is 2.11. The van der Waals surface area contributed by atoms with Crippen LogP contribution in [-0.4, -0.2) is 26.3 Å². The van der Waals surface area contributed by atoms with E-state index in [1.807, 2.05) is 42.3 Å². The normalized spacial score (nSPS) is 9.81. The summed E-state index contributed by atoms with van der Waals surface area (Å²) >= 11 is 0. The van der Waals surface area contributed by atoms with Gasteiger partial charge in [-0.1, -0.05) is 0 Å². The van der Waals surface area contributed by atoms with Crippen LogP contribution in [0.1, 0.15) is 11.3 Å². The van der Waals surface area contributed by atoms with E-state index in [1.54, 1.807) is 20.4 Å². The number of ether oxygens (including phenoxy) is 2. The van der Waals surface area contributed by atoms with Crippen molar-refractivity contribution in [2.24, 2.45) is 0 Å². The summed E-state index contributed by atoms with van der Waals surface area (Å²) in [5.41, 5.74) is 2.23. The number of nitriles is 1. The molecule has 1 aromatic heterocycles. The molecule has 0 saturated heterocycles. The molecule has 0 aliphatic carbocycles. The van der Waals surface area contributed by atoms with Gasteiger partial charge in [0, 0.05) is 25.9 Å². The number of nitrogens with zero attached hydrogens (tertiary/aromatic N) is 3. The Labute approximate surface area is 124 Å². The summed E-state index contributed by atoms with van der Waals surface area (Å²) in [4.78, 5) is 6.05. The number of hydrogen-bond acceptors (Lipinski definition) is 5. The molecule has 0 aliphatic heterocycles. The molecule has 0 atom stereocenters. The smallest absolute Gasteiger partial charge is 0.163 e. The highest BCUT2D eigenvalue weighted by atomic mass is 16.5. The van der Waals surface area contributed by atoms with Crippen molar-refractivity contribution in [3.05, 3.63) is 47.8 Å². The summed E-state index contributed by atoms with van der Waals surface area (Å²) in [5, 5.41) is 9.12. The van der Waals surface area contributed by atoms with Gasteiger partial charge in [0.1, 0.15) is 17.6 Å². The van der Waals surface area contributed by atoms with E-state index < -0.39 is 0 Å². The molecule has 2 aromatic rings. The van der Waals surface area contributed by atoms with Gasteiger partial charge >= 0.3 is 0 Å². The van der Waals surface area contributed by atoms with Crippen molar-refractivity contribution in [1.82, 2.24) is 4.98 Å². The Morgan fingerprint density at radius 1 is 1.19 bits per heavy atom. The van der Waals surface area contributed by atoms with Gasteiger partial charge in [0.05, 0.1) is 19.9 Å². The first-order valence-corrected chi connectivity index (χ1v) is 6.46. The standard InChI is InChI=1S/C16H17N3O2/c1-19(16-5-4-6-18-15(16)10-17)11-12-7-13(20-2)9-14(8-12)21-3/h4-9H,11H2,1-3H3. The Kier molecular flexibility index (Phi) is 4.62. The Bertz CT molecular complexity index is 643. The molecule has 0 spiro atoms. The predicted octanol–water partition coefficient (Wildman–Crippen LogP) is 2.61. The van der Waals surface area contributed by atoms with Crippen molar-refractivity contribution in [3.8, 4) is 17.6 Å². The van der Waals surface area contributed by atoms with Crippen LogP contribution in [0.25, 0.3) is 0 Å². The Morgan fingerprint density at radius 2 is 1.86 bits per heavy atom. The van der Waals surface area contributed by atoms with Gasteiger partial charge in [-0.05, 0) is 29.8 Å². The summed E-state index contributed by atoms with van der Waals surface area (Å²) in [6, 6.07) is 11.5. The third-order valence-electron chi connectivity index (χ3n) is 3.13. The van der Waals surface area contributed by atoms with Crippen LogP contribution in [0.5, 0.6) is 11.5 Å². The maximum Gasteiger partial charge on any atom is 0.163 e. The lowest BCUT2D eigenvalue weighted by Crippen LogP contribution is -2.18. The van der Waals surface area contributed by atoms with Gasteiger partial charge in [0.25, 0.3) is 0 Å². The summed E-state index contributed by atoms with van der Waals surface area (Å²) in [5.74, 6) is 1.48. The zero-order chi connectivity index (χ0) is 15.2. The molecule has 0 saturated carbocycles. The number of benzene rings is 1. The van der Waals surface area contributed by atoms with E-state index in [9.17, 15) is 0 Å². The van der Waals surface area contributed by atoms with Crippen LogP contribution >= 0.6 is 0 Å². The van der Waals surface area contributed by atoms with Crippen molar-refractivity contribution < 1.29 is 9.47 Å². The lowest BCUT2D eigenvalue weighted by atomic mass is 10.1. The molecule has 5 nitrogen and oxygen atoms in total. The maximum absolute atomic E-state index is 9.12. The van der Waals surface area contributed by atoms with Crippen LogP contribution in [0.4, 0.5) is 5.69 Å². The SMILES string of the molecule is COc1cc(CN(C)c2cccnc2C#N)cc(OC)c1. The minimum atomic E-state index is 0.412. The van der Waals surface area contributed by atoms with E-state index in [0.717, 1.165) is 22.7 Å². The lowest BCUT2D eigenvalue weighted by Gasteiger charge is -2.20. The molecule has 0 N–H and O–H groups in total. The van der Waals surface area contributed by atoms with E-state index in [2.05, 4.69) is 11.1 Å². The predicted molar refractivity (Wildman–Crippen MR) is 80.6 cm³/mol. The Morgan fingerprint density at radius 3 is 2.43 bits per heavy atom. The molecule has 5 heteroatoms. The van der Waals surface area contributed by atoms with Crippen molar-refractivity contribution in [1.29, 1.82) is 5.26 Å². The zero-order valence-electron chi connectivity index (χ0n) is 12.3. The van der Waals surface area contributed by atoms with Crippen LogP contribution < -0.4 is 14.4 Å². The molecule has 0 radical (unpaired) electrons. The fraction of sp³-hybridized carbons (Fsp3) is 0.250. The monoisotopic (exact) mass is 283 g/mol. The van der Waals surface area contributed by atoms with Crippen molar-refractivity contribution in [3.63, 3.8) is 0 Å². The molecule has 21 heavy (non-hydrogen) atoms. The fourth-order valence-electron chi connectivity index (χ4n) is 2.11. The number of hydrogen-bond donors (Lipinski definition) is 0. The van der Waals surface area contributed by atoms with Gasteiger partial charge in [-0.15, -0.1) is 0 Å². The van der Waals surface area contributed by atoms with Crippen LogP contribution in [0.2, 0.25) is 0 Å². The zero-order valence-corrected chi connectivity index (χ0v) is 12.3. The minimum absolute atomic E-state index is 0.412. The van der Waals surface area contributed by atoms with Crippen LogP contribution in [-0.2, 0) is 6.54 Å². The van der Waals surface area contributed by atoms with Gasteiger partial charge in [-0.3, -0.25) is 0 Å². The average Bonchev–Trinajstić information content (AvgIpc) is 2.54. The molecule has 0 amide bonds. The molecule has 2 rings (SSSR count). The number of aromatic nitrogens is 1. The number of methoxy groups -OCH3 is 2. The van der Waals surface area contributed by atoms with Gasteiger partial charge in [-0.2, -0.15) is 5.26 Å². The van der Waals surface area contributed by atoms with E-state index in [4.69, 9.17) is 14.7 Å². The number of anilines is 1. The third-order valence-corrected chi connectivity index (χ3v) is 3.13.